The Kier molecular flexibility index (Phi) is 7.60. The SMILES string of the molecule is CCC1N=C(C2CCCC2)c2nc(Nc3ccc(C(=O)NC4CCN(C)CC4)cc3O)ncc2N(C)C1=O. The predicted molar refractivity (Wildman–Crippen MR) is 147 cm³/mol. The fraction of sp³-hybridized carbons (Fsp3) is 0.536. The lowest BCUT2D eigenvalue weighted by molar-refractivity contribution is -0.119. The van der Waals surface area contributed by atoms with Gasteiger partial charge >= 0.3 is 0 Å². The second-order valence-electron chi connectivity index (χ2n) is 10.7. The van der Waals surface area contributed by atoms with Crippen molar-refractivity contribution in [3.8, 4) is 5.75 Å². The lowest BCUT2D eigenvalue weighted by Gasteiger charge is -2.29. The summed E-state index contributed by atoms with van der Waals surface area (Å²) in [6.45, 7) is 3.88. The number of phenols is 1. The molecule has 38 heavy (non-hydrogen) atoms. The third kappa shape index (κ3) is 5.36. The number of likely N-dealkylation sites (tertiary alicyclic amines) is 1. The molecule has 2 aliphatic heterocycles. The van der Waals surface area contributed by atoms with Crippen molar-refractivity contribution >= 4 is 34.8 Å². The number of anilines is 3. The van der Waals surface area contributed by atoms with Crippen LogP contribution >= 0.6 is 0 Å². The number of amides is 2. The van der Waals surface area contributed by atoms with Gasteiger partial charge < -0.3 is 25.5 Å². The van der Waals surface area contributed by atoms with E-state index in [1.54, 1.807) is 30.3 Å². The van der Waals surface area contributed by atoms with Crippen LogP contribution < -0.4 is 15.5 Å². The molecule has 1 aromatic carbocycles. The molecule has 3 aliphatic rings. The van der Waals surface area contributed by atoms with Gasteiger partial charge in [-0.15, -0.1) is 0 Å². The number of phenolic OH excluding ortho intramolecular Hbond substituents is 1. The van der Waals surface area contributed by atoms with Gasteiger partial charge in [-0.3, -0.25) is 14.6 Å². The molecule has 1 saturated carbocycles. The molecule has 202 valence electrons. The van der Waals surface area contributed by atoms with E-state index in [9.17, 15) is 14.7 Å². The number of carbonyl (C=O) groups excluding carboxylic acids is 2. The van der Waals surface area contributed by atoms with Gasteiger partial charge in [-0.25, -0.2) is 9.97 Å². The standard InChI is InChI=1S/C28H37N7O3/c1-4-20-27(38)35(3)22-16-29-28(33-25(22)24(31-20)17-7-5-6-8-17)32-21-10-9-18(15-23(21)36)26(37)30-19-11-13-34(2)14-12-19/h9-10,15-17,19-20,36H,4-8,11-14H2,1-3H3,(H,30,37)(H,29,32,33). The topological polar surface area (TPSA) is 123 Å². The van der Waals surface area contributed by atoms with Crippen LogP contribution in [0.2, 0.25) is 0 Å². The van der Waals surface area contributed by atoms with E-state index in [1.807, 2.05) is 6.92 Å². The molecular formula is C28H37N7O3. The maximum absolute atomic E-state index is 13.0. The average molecular weight is 520 g/mol. The predicted octanol–water partition coefficient (Wildman–Crippen LogP) is 3.48. The molecule has 5 rings (SSSR count). The summed E-state index contributed by atoms with van der Waals surface area (Å²) in [5, 5.41) is 16.9. The first-order valence-electron chi connectivity index (χ1n) is 13.7. The first-order valence-corrected chi connectivity index (χ1v) is 13.7. The lowest BCUT2D eigenvalue weighted by atomic mass is 9.97. The van der Waals surface area contributed by atoms with E-state index in [-0.39, 0.29) is 29.5 Å². The number of aromatic nitrogens is 2. The van der Waals surface area contributed by atoms with Crippen LogP contribution in [-0.4, -0.2) is 76.8 Å². The van der Waals surface area contributed by atoms with Crippen molar-refractivity contribution in [1.82, 2.24) is 20.2 Å². The molecule has 1 aromatic heterocycles. The fourth-order valence-electron chi connectivity index (χ4n) is 5.58. The summed E-state index contributed by atoms with van der Waals surface area (Å²) in [6, 6.07) is 4.50. The molecule has 1 saturated heterocycles. The van der Waals surface area contributed by atoms with E-state index in [1.165, 1.54) is 6.07 Å². The van der Waals surface area contributed by atoms with Crippen molar-refractivity contribution in [1.29, 1.82) is 0 Å². The number of hydrogen-bond donors (Lipinski definition) is 3. The maximum atomic E-state index is 13.0. The van der Waals surface area contributed by atoms with Crippen LogP contribution in [0.5, 0.6) is 5.75 Å². The number of fused-ring (bicyclic) bond motifs is 1. The molecule has 2 amide bonds. The quantitative estimate of drug-likeness (QED) is 0.499. The minimum atomic E-state index is -0.432. The molecule has 1 atom stereocenters. The Morgan fingerprint density at radius 3 is 2.55 bits per heavy atom. The third-order valence-corrected chi connectivity index (χ3v) is 7.97. The molecular weight excluding hydrogens is 482 g/mol. The van der Waals surface area contributed by atoms with E-state index in [0.29, 0.717) is 35.0 Å². The second-order valence-corrected chi connectivity index (χ2v) is 10.7. The molecule has 10 nitrogen and oxygen atoms in total. The molecule has 0 spiro atoms. The molecule has 3 heterocycles. The summed E-state index contributed by atoms with van der Waals surface area (Å²) in [7, 11) is 3.83. The Morgan fingerprint density at radius 1 is 1.13 bits per heavy atom. The Hall–Kier alpha value is -3.53. The number of hydrogen-bond acceptors (Lipinski definition) is 8. The Bertz CT molecular complexity index is 1230. The Balaban J connectivity index is 1.37. The average Bonchev–Trinajstić information content (AvgIpc) is 3.43. The van der Waals surface area contributed by atoms with Gasteiger partial charge in [0.15, 0.2) is 0 Å². The van der Waals surface area contributed by atoms with Crippen LogP contribution in [0.3, 0.4) is 0 Å². The number of nitrogens with zero attached hydrogens (tertiary/aromatic N) is 5. The van der Waals surface area contributed by atoms with Crippen molar-refractivity contribution in [2.24, 2.45) is 10.9 Å². The van der Waals surface area contributed by atoms with Crippen molar-refractivity contribution in [3.63, 3.8) is 0 Å². The van der Waals surface area contributed by atoms with Crippen molar-refractivity contribution in [2.75, 3.05) is 37.4 Å². The zero-order valence-corrected chi connectivity index (χ0v) is 22.4. The monoisotopic (exact) mass is 519 g/mol. The lowest BCUT2D eigenvalue weighted by Crippen LogP contribution is -2.43. The highest BCUT2D eigenvalue weighted by molar-refractivity contribution is 6.12. The third-order valence-electron chi connectivity index (χ3n) is 7.97. The minimum absolute atomic E-state index is 0.0576. The highest BCUT2D eigenvalue weighted by Crippen LogP contribution is 2.35. The zero-order valence-electron chi connectivity index (χ0n) is 22.4. The van der Waals surface area contributed by atoms with Gasteiger partial charge in [0.25, 0.3) is 11.8 Å². The number of nitrogens with one attached hydrogen (secondary N) is 2. The van der Waals surface area contributed by atoms with Crippen molar-refractivity contribution in [3.05, 3.63) is 35.7 Å². The van der Waals surface area contributed by atoms with Crippen LogP contribution in [0.25, 0.3) is 0 Å². The molecule has 0 bridgehead atoms. The van der Waals surface area contributed by atoms with E-state index >= 15 is 0 Å². The highest BCUT2D eigenvalue weighted by atomic mass is 16.3. The number of likely N-dealkylation sites (N-methyl/N-ethyl adjacent to an activating group) is 1. The summed E-state index contributed by atoms with van der Waals surface area (Å²) >= 11 is 0. The summed E-state index contributed by atoms with van der Waals surface area (Å²) in [5.41, 5.74) is 2.97. The molecule has 2 fully saturated rings. The van der Waals surface area contributed by atoms with Gasteiger partial charge in [0, 0.05) is 24.6 Å². The molecule has 0 radical (unpaired) electrons. The molecule has 3 N–H and O–H groups in total. The normalized spacial score (nSPS) is 21.1. The highest BCUT2D eigenvalue weighted by Gasteiger charge is 2.34. The minimum Gasteiger partial charge on any atom is -0.506 e. The Labute approximate surface area is 223 Å². The summed E-state index contributed by atoms with van der Waals surface area (Å²) < 4.78 is 0. The number of aromatic hydroxyl groups is 1. The van der Waals surface area contributed by atoms with Crippen LogP contribution in [-0.2, 0) is 4.79 Å². The number of aliphatic imine (C=N–C) groups is 1. The van der Waals surface area contributed by atoms with Crippen molar-refractivity contribution in [2.45, 2.75) is 64.0 Å². The molecule has 1 unspecified atom stereocenters. The number of piperidine rings is 1. The molecule has 2 aromatic rings. The van der Waals surface area contributed by atoms with Crippen LogP contribution in [0.15, 0.2) is 29.4 Å². The van der Waals surface area contributed by atoms with Crippen LogP contribution in [0, 0.1) is 5.92 Å². The fourth-order valence-corrected chi connectivity index (χ4v) is 5.58. The van der Waals surface area contributed by atoms with Crippen molar-refractivity contribution < 1.29 is 14.7 Å². The zero-order chi connectivity index (χ0) is 26.8. The van der Waals surface area contributed by atoms with Crippen LogP contribution in [0.1, 0.15) is 67.9 Å². The maximum Gasteiger partial charge on any atom is 0.251 e. The largest absolute Gasteiger partial charge is 0.506 e. The summed E-state index contributed by atoms with van der Waals surface area (Å²) in [6.07, 6.45) is 8.43. The van der Waals surface area contributed by atoms with E-state index < -0.39 is 6.04 Å². The summed E-state index contributed by atoms with van der Waals surface area (Å²) in [5.74, 6) is 0.239. The first-order chi connectivity index (χ1) is 18.3. The molecule has 10 heteroatoms. The van der Waals surface area contributed by atoms with Gasteiger partial charge in [-0.2, -0.15) is 0 Å². The van der Waals surface area contributed by atoms with Gasteiger partial charge in [0.05, 0.1) is 23.3 Å². The van der Waals surface area contributed by atoms with Gasteiger partial charge in [-0.05, 0) is 70.4 Å². The number of benzene rings is 1. The van der Waals surface area contributed by atoms with Gasteiger partial charge in [0.1, 0.15) is 17.5 Å². The van der Waals surface area contributed by atoms with E-state index in [2.05, 4.69) is 27.6 Å². The first kappa shape index (κ1) is 26.1. The van der Waals surface area contributed by atoms with Crippen LogP contribution in [0.4, 0.5) is 17.3 Å². The number of carbonyl (C=O) groups is 2. The molecule has 1 aliphatic carbocycles. The Morgan fingerprint density at radius 2 is 1.87 bits per heavy atom. The smallest absolute Gasteiger partial charge is 0.251 e. The second kappa shape index (κ2) is 11.1. The van der Waals surface area contributed by atoms with Gasteiger partial charge in [0.2, 0.25) is 5.95 Å². The van der Waals surface area contributed by atoms with Gasteiger partial charge in [-0.1, -0.05) is 19.8 Å². The number of rotatable bonds is 6. The summed E-state index contributed by atoms with van der Waals surface area (Å²) in [4.78, 5) is 43.8. The van der Waals surface area contributed by atoms with E-state index in [0.717, 1.165) is 57.3 Å². The van der Waals surface area contributed by atoms with E-state index in [4.69, 9.17) is 9.98 Å².